The van der Waals surface area contributed by atoms with Gasteiger partial charge in [-0.25, -0.2) is 0 Å². The van der Waals surface area contributed by atoms with Crippen molar-refractivity contribution in [3.8, 4) is 0 Å². The highest BCUT2D eigenvalue weighted by molar-refractivity contribution is 7.08. The van der Waals surface area contributed by atoms with Crippen LogP contribution >= 0.6 is 11.3 Å². The lowest BCUT2D eigenvalue weighted by atomic mass is 10.1. The van der Waals surface area contributed by atoms with Gasteiger partial charge < -0.3 is 10.0 Å². The van der Waals surface area contributed by atoms with Gasteiger partial charge in [-0.05, 0) is 30.7 Å². The second-order valence-electron chi connectivity index (χ2n) is 3.99. The van der Waals surface area contributed by atoms with Crippen molar-refractivity contribution in [3.05, 3.63) is 21.9 Å². The van der Waals surface area contributed by atoms with E-state index in [2.05, 4.69) is 0 Å². The van der Waals surface area contributed by atoms with Gasteiger partial charge in [-0.1, -0.05) is 0 Å². The van der Waals surface area contributed by atoms with E-state index in [-0.39, 0.29) is 12.0 Å². The zero-order valence-electron chi connectivity index (χ0n) is 8.77. The summed E-state index contributed by atoms with van der Waals surface area (Å²) < 4.78 is 0. The Kier molecular flexibility index (Phi) is 3.07. The smallest absolute Gasteiger partial charge is 0.254 e. The lowest BCUT2D eigenvalue weighted by molar-refractivity contribution is 0.0546. The van der Waals surface area contributed by atoms with E-state index in [0.717, 1.165) is 11.1 Å². The molecular formula is C11H15NO2S. The Hall–Kier alpha value is -0.870. The maximum atomic E-state index is 12.0. The SMILES string of the molecule is Cc1cscc1C(=O)N1CCC(O)CC1. The maximum Gasteiger partial charge on any atom is 0.254 e. The number of aryl methyl sites for hydroxylation is 1. The van der Waals surface area contributed by atoms with Crippen LogP contribution in [0.15, 0.2) is 10.8 Å². The van der Waals surface area contributed by atoms with Crippen LogP contribution in [0.4, 0.5) is 0 Å². The minimum atomic E-state index is -0.224. The van der Waals surface area contributed by atoms with Gasteiger partial charge in [0.1, 0.15) is 0 Å². The van der Waals surface area contributed by atoms with Crippen molar-refractivity contribution in [3.63, 3.8) is 0 Å². The van der Waals surface area contributed by atoms with Gasteiger partial charge >= 0.3 is 0 Å². The normalized spacial score (nSPS) is 18.1. The van der Waals surface area contributed by atoms with Gasteiger partial charge in [0.2, 0.25) is 0 Å². The monoisotopic (exact) mass is 225 g/mol. The number of likely N-dealkylation sites (tertiary alicyclic amines) is 1. The molecule has 0 spiro atoms. The fourth-order valence-electron chi connectivity index (χ4n) is 1.82. The number of amides is 1. The van der Waals surface area contributed by atoms with Gasteiger partial charge in [-0.3, -0.25) is 4.79 Å². The van der Waals surface area contributed by atoms with E-state index in [9.17, 15) is 9.90 Å². The summed E-state index contributed by atoms with van der Waals surface area (Å²) in [4.78, 5) is 13.9. The molecule has 1 aliphatic heterocycles. The predicted molar refractivity (Wildman–Crippen MR) is 60.2 cm³/mol. The average molecular weight is 225 g/mol. The van der Waals surface area contributed by atoms with Gasteiger partial charge in [-0.15, -0.1) is 0 Å². The molecule has 0 aromatic carbocycles. The molecule has 1 aromatic rings. The number of carbonyl (C=O) groups excluding carboxylic acids is 1. The van der Waals surface area contributed by atoms with Gasteiger partial charge in [0.05, 0.1) is 11.7 Å². The summed E-state index contributed by atoms with van der Waals surface area (Å²) in [7, 11) is 0. The van der Waals surface area contributed by atoms with E-state index in [1.165, 1.54) is 0 Å². The first-order valence-corrected chi connectivity index (χ1v) is 6.13. The maximum absolute atomic E-state index is 12.0. The van der Waals surface area contributed by atoms with E-state index in [0.29, 0.717) is 25.9 Å². The van der Waals surface area contributed by atoms with Crippen LogP contribution in [0.2, 0.25) is 0 Å². The molecule has 2 heterocycles. The molecule has 1 amide bonds. The molecule has 82 valence electrons. The fourth-order valence-corrected chi connectivity index (χ4v) is 2.64. The minimum Gasteiger partial charge on any atom is -0.393 e. The standard InChI is InChI=1S/C11H15NO2S/c1-8-6-15-7-10(8)11(14)12-4-2-9(13)3-5-12/h6-7,9,13H,2-5H2,1H3. The van der Waals surface area contributed by atoms with Crippen LogP contribution in [-0.4, -0.2) is 35.1 Å². The molecule has 0 aliphatic carbocycles. The van der Waals surface area contributed by atoms with E-state index < -0.39 is 0 Å². The summed E-state index contributed by atoms with van der Waals surface area (Å²) in [5, 5.41) is 13.3. The summed E-state index contributed by atoms with van der Waals surface area (Å²) in [6.45, 7) is 3.31. The molecule has 0 unspecified atom stereocenters. The third-order valence-corrected chi connectivity index (χ3v) is 3.70. The van der Waals surface area contributed by atoms with Crippen molar-refractivity contribution >= 4 is 17.2 Å². The van der Waals surface area contributed by atoms with E-state index in [1.807, 2.05) is 22.6 Å². The molecule has 1 aliphatic rings. The van der Waals surface area contributed by atoms with Crippen LogP contribution in [0, 0.1) is 6.92 Å². The highest BCUT2D eigenvalue weighted by Crippen LogP contribution is 2.19. The van der Waals surface area contributed by atoms with Crippen molar-refractivity contribution < 1.29 is 9.90 Å². The number of aliphatic hydroxyl groups excluding tert-OH is 1. The highest BCUT2D eigenvalue weighted by atomic mass is 32.1. The van der Waals surface area contributed by atoms with Crippen LogP contribution in [-0.2, 0) is 0 Å². The Morgan fingerprint density at radius 1 is 1.47 bits per heavy atom. The molecule has 1 N–H and O–H groups in total. The number of aliphatic hydroxyl groups is 1. The molecule has 0 radical (unpaired) electrons. The van der Waals surface area contributed by atoms with Crippen LogP contribution in [0.3, 0.4) is 0 Å². The number of hydrogen-bond acceptors (Lipinski definition) is 3. The summed E-state index contributed by atoms with van der Waals surface area (Å²) in [6.07, 6.45) is 1.18. The van der Waals surface area contributed by atoms with Crippen LogP contribution in [0.1, 0.15) is 28.8 Å². The van der Waals surface area contributed by atoms with Crippen LogP contribution < -0.4 is 0 Å². The number of hydrogen-bond donors (Lipinski definition) is 1. The lowest BCUT2D eigenvalue weighted by Crippen LogP contribution is -2.40. The zero-order valence-corrected chi connectivity index (χ0v) is 9.59. The van der Waals surface area contributed by atoms with Gasteiger partial charge in [0, 0.05) is 18.5 Å². The Morgan fingerprint density at radius 2 is 2.13 bits per heavy atom. The largest absolute Gasteiger partial charge is 0.393 e. The molecule has 1 saturated heterocycles. The number of piperidine rings is 1. The van der Waals surface area contributed by atoms with E-state index in [4.69, 9.17) is 0 Å². The highest BCUT2D eigenvalue weighted by Gasteiger charge is 2.23. The predicted octanol–water partition coefficient (Wildman–Crippen LogP) is 1.65. The molecule has 0 bridgehead atoms. The lowest BCUT2D eigenvalue weighted by Gasteiger charge is -2.29. The van der Waals surface area contributed by atoms with Crippen molar-refractivity contribution in [1.82, 2.24) is 4.90 Å². The van der Waals surface area contributed by atoms with E-state index in [1.54, 1.807) is 11.3 Å². The van der Waals surface area contributed by atoms with Crippen LogP contribution in [0.25, 0.3) is 0 Å². The molecule has 2 rings (SSSR count). The number of rotatable bonds is 1. The number of carbonyl (C=O) groups is 1. The van der Waals surface area contributed by atoms with Crippen molar-refractivity contribution in [2.24, 2.45) is 0 Å². The second-order valence-corrected chi connectivity index (χ2v) is 4.74. The molecule has 1 fully saturated rings. The average Bonchev–Trinajstić information content (AvgIpc) is 2.65. The molecule has 3 nitrogen and oxygen atoms in total. The minimum absolute atomic E-state index is 0.112. The summed E-state index contributed by atoms with van der Waals surface area (Å²) >= 11 is 1.56. The first-order chi connectivity index (χ1) is 7.18. The van der Waals surface area contributed by atoms with Gasteiger partial charge in [0.15, 0.2) is 0 Å². The third kappa shape index (κ3) is 2.21. The number of thiophene rings is 1. The molecule has 0 atom stereocenters. The zero-order chi connectivity index (χ0) is 10.8. The van der Waals surface area contributed by atoms with E-state index >= 15 is 0 Å². The molecular weight excluding hydrogens is 210 g/mol. The van der Waals surface area contributed by atoms with Crippen LogP contribution in [0.5, 0.6) is 0 Å². The molecule has 0 saturated carbocycles. The fraction of sp³-hybridized carbons (Fsp3) is 0.545. The Balaban J connectivity index is 2.06. The summed E-state index contributed by atoms with van der Waals surface area (Å²) in [5.41, 5.74) is 1.87. The summed E-state index contributed by atoms with van der Waals surface area (Å²) in [5.74, 6) is 0.112. The van der Waals surface area contributed by atoms with Gasteiger partial charge in [0.25, 0.3) is 5.91 Å². The Bertz CT molecular complexity index is 353. The van der Waals surface area contributed by atoms with Crippen molar-refractivity contribution in [2.45, 2.75) is 25.9 Å². The Morgan fingerprint density at radius 3 is 2.67 bits per heavy atom. The van der Waals surface area contributed by atoms with Crippen molar-refractivity contribution in [1.29, 1.82) is 0 Å². The molecule has 4 heteroatoms. The third-order valence-electron chi connectivity index (χ3n) is 2.84. The quantitative estimate of drug-likeness (QED) is 0.789. The van der Waals surface area contributed by atoms with Crippen molar-refractivity contribution in [2.75, 3.05) is 13.1 Å². The molecule has 1 aromatic heterocycles. The Labute approximate surface area is 93.3 Å². The topological polar surface area (TPSA) is 40.5 Å². The molecule has 15 heavy (non-hydrogen) atoms. The first-order valence-electron chi connectivity index (χ1n) is 5.18. The van der Waals surface area contributed by atoms with Gasteiger partial charge in [-0.2, -0.15) is 11.3 Å². The number of nitrogens with zero attached hydrogens (tertiary/aromatic N) is 1. The second kappa shape index (κ2) is 4.33. The summed E-state index contributed by atoms with van der Waals surface area (Å²) in [6, 6.07) is 0. The first kappa shape index (κ1) is 10.6.